The first kappa shape index (κ1) is 25.3. The van der Waals surface area contributed by atoms with E-state index in [-0.39, 0.29) is 22.8 Å². The van der Waals surface area contributed by atoms with Crippen molar-refractivity contribution in [2.24, 2.45) is 0 Å². The molecule has 0 bridgehead atoms. The van der Waals surface area contributed by atoms with Gasteiger partial charge in [-0.05, 0) is 55.3 Å². The van der Waals surface area contributed by atoms with Crippen LogP contribution in [0.2, 0.25) is 0 Å². The Morgan fingerprint density at radius 3 is 2.31 bits per heavy atom. The summed E-state index contributed by atoms with van der Waals surface area (Å²) >= 11 is 0. The number of hydrogen-bond donors (Lipinski definition) is 1. The number of sulfonamides is 1. The molecule has 9 nitrogen and oxygen atoms in total. The number of nitrogens with one attached hydrogen (secondary N) is 1. The van der Waals surface area contributed by atoms with Crippen LogP contribution in [0.1, 0.15) is 24.0 Å². The standard InChI is InChI=1S/C26H28N4O5S/c31-26(27-18-21-9-4-5-10-22(21)19-28-15-6-7-16-28)20-29(23-11-8-12-24(17-23)30(32)33)36(34,35)25-13-2-1-3-14-25/h1-5,8-14,17H,6-7,15-16,18-20H2,(H,27,31). The highest BCUT2D eigenvalue weighted by molar-refractivity contribution is 7.92. The van der Waals surface area contributed by atoms with E-state index in [0.29, 0.717) is 0 Å². The normalized spacial score (nSPS) is 13.9. The highest BCUT2D eigenvalue weighted by atomic mass is 32.2. The van der Waals surface area contributed by atoms with Crippen molar-refractivity contribution in [2.45, 2.75) is 30.8 Å². The number of likely N-dealkylation sites (tertiary alicyclic amines) is 1. The fourth-order valence-electron chi connectivity index (χ4n) is 4.24. The van der Waals surface area contributed by atoms with Crippen molar-refractivity contribution < 1.29 is 18.1 Å². The van der Waals surface area contributed by atoms with E-state index in [1.165, 1.54) is 43.2 Å². The topological polar surface area (TPSA) is 113 Å². The molecule has 1 saturated heterocycles. The third-order valence-electron chi connectivity index (χ3n) is 6.13. The van der Waals surface area contributed by atoms with Gasteiger partial charge in [0.1, 0.15) is 6.54 Å². The molecule has 0 radical (unpaired) electrons. The fraction of sp³-hybridized carbons (Fsp3) is 0.269. The molecule has 1 aliphatic heterocycles. The van der Waals surface area contributed by atoms with Crippen LogP contribution in [0.4, 0.5) is 11.4 Å². The van der Waals surface area contributed by atoms with Crippen molar-refractivity contribution in [3.63, 3.8) is 0 Å². The maximum absolute atomic E-state index is 13.4. The van der Waals surface area contributed by atoms with Gasteiger partial charge in [0.2, 0.25) is 5.91 Å². The van der Waals surface area contributed by atoms with Crippen LogP contribution in [0.15, 0.2) is 83.8 Å². The lowest BCUT2D eigenvalue weighted by Gasteiger charge is -2.24. The maximum atomic E-state index is 13.4. The van der Waals surface area contributed by atoms with Gasteiger partial charge in [-0.15, -0.1) is 0 Å². The molecule has 188 valence electrons. The third kappa shape index (κ3) is 6.07. The zero-order chi connectivity index (χ0) is 25.5. The van der Waals surface area contributed by atoms with E-state index in [9.17, 15) is 23.3 Å². The summed E-state index contributed by atoms with van der Waals surface area (Å²) in [4.78, 5) is 26.0. The van der Waals surface area contributed by atoms with Gasteiger partial charge in [0.05, 0.1) is 15.5 Å². The number of carbonyl (C=O) groups is 1. The molecule has 1 heterocycles. The molecule has 0 atom stereocenters. The molecule has 1 amide bonds. The van der Waals surface area contributed by atoms with E-state index >= 15 is 0 Å². The highest BCUT2D eigenvalue weighted by Gasteiger charge is 2.28. The Kier molecular flexibility index (Phi) is 7.97. The molecule has 3 aromatic carbocycles. The lowest BCUT2D eigenvalue weighted by atomic mass is 10.1. The zero-order valence-electron chi connectivity index (χ0n) is 19.7. The number of carbonyl (C=O) groups excluding carboxylic acids is 1. The first-order valence-corrected chi connectivity index (χ1v) is 13.2. The molecule has 36 heavy (non-hydrogen) atoms. The van der Waals surface area contributed by atoms with Crippen LogP contribution < -0.4 is 9.62 Å². The molecule has 10 heteroatoms. The van der Waals surface area contributed by atoms with E-state index < -0.39 is 27.4 Å². The molecule has 3 aromatic rings. The van der Waals surface area contributed by atoms with E-state index in [2.05, 4.69) is 10.2 Å². The highest BCUT2D eigenvalue weighted by Crippen LogP contribution is 2.27. The summed E-state index contributed by atoms with van der Waals surface area (Å²) in [6, 6.07) is 20.8. The lowest BCUT2D eigenvalue weighted by molar-refractivity contribution is -0.384. The predicted molar refractivity (Wildman–Crippen MR) is 137 cm³/mol. The van der Waals surface area contributed by atoms with E-state index in [1.807, 2.05) is 24.3 Å². The van der Waals surface area contributed by atoms with E-state index in [1.54, 1.807) is 18.2 Å². The molecule has 0 aromatic heterocycles. The first-order valence-electron chi connectivity index (χ1n) is 11.7. The van der Waals surface area contributed by atoms with Gasteiger partial charge in [-0.3, -0.25) is 24.1 Å². The maximum Gasteiger partial charge on any atom is 0.271 e. The number of nitro groups is 1. The minimum Gasteiger partial charge on any atom is -0.350 e. The SMILES string of the molecule is O=C(CN(c1cccc([N+](=O)[O-])c1)S(=O)(=O)c1ccccc1)NCc1ccccc1CN1CCCC1. The van der Waals surface area contributed by atoms with Gasteiger partial charge in [0.25, 0.3) is 15.7 Å². The Balaban J connectivity index is 1.54. The van der Waals surface area contributed by atoms with Crippen LogP contribution in [0, 0.1) is 10.1 Å². The molecular weight excluding hydrogens is 480 g/mol. The molecule has 0 unspecified atom stereocenters. The molecule has 1 aliphatic rings. The Bertz CT molecular complexity index is 1320. The first-order chi connectivity index (χ1) is 17.3. The van der Waals surface area contributed by atoms with Crippen LogP contribution in [-0.2, 0) is 27.9 Å². The number of anilines is 1. The second kappa shape index (κ2) is 11.3. The average molecular weight is 509 g/mol. The van der Waals surface area contributed by atoms with Crippen molar-refractivity contribution in [2.75, 3.05) is 23.9 Å². The van der Waals surface area contributed by atoms with Crippen LogP contribution in [0.5, 0.6) is 0 Å². The molecule has 4 rings (SSSR count). The minimum absolute atomic E-state index is 0.0136. The number of benzene rings is 3. The Hall–Kier alpha value is -3.76. The zero-order valence-corrected chi connectivity index (χ0v) is 20.6. The lowest BCUT2D eigenvalue weighted by Crippen LogP contribution is -2.40. The molecule has 1 fully saturated rings. The minimum atomic E-state index is -4.16. The van der Waals surface area contributed by atoms with Gasteiger partial charge in [-0.1, -0.05) is 48.5 Å². The predicted octanol–water partition coefficient (Wildman–Crippen LogP) is 3.70. The van der Waals surface area contributed by atoms with Crippen molar-refractivity contribution in [3.05, 3.63) is 100 Å². The summed E-state index contributed by atoms with van der Waals surface area (Å²) in [5, 5.41) is 14.1. The van der Waals surface area contributed by atoms with Gasteiger partial charge in [-0.25, -0.2) is 8.42 Å². The molecular formula is C26H28N4O5S. The Morgan fingerprint density at radius 2 is 1.61 bits per heavy atom. The van der Waals surface area contributed by atoms with Gasteiger partial charge in [-0.2, -0.15) is 0 Å². The molecule has 0 saturated carbocycles. The van der Waals surface area contributed by atoms with E-state index in [4.69, 9.17) is 0 Å². The van der Waals surface area contributed by atoms with Crippen LogP contribution in [0.3, 0.4) is 0 Å². The summed E-state index contributed by atoms with van der Waals surface area (Å²) in [5.41, 5.74) is 1.85. The number of nitro benzene ring substituents is 1. The van der Waals surface area contributed by atoms with Crippen LogP contribution in [0.25, 0.3) is 0 Å². The molecule has 1 N–H and O–H groups in total. The molecule has 0 spiro atoms. The number of amides is 1. The van der Waals surface area contributed by atoms with E-state index in [0.717, 1.165) is 41.1 Å². The van der Waals surface area contributed by atoms with Crippen LogP contribution in [-0.4, -0.2) is 43.8 Å². The summed E-state index contributed by atoms with van der Waals surface area (Å²) < 4.78 is 27.8. The van der Waals surface area contributed by atoms with Crippen molar-refractivity contribution in [3.8, 4) is 0 Å². The number of rotatable bonds is 10. The van der Waals surface area contributed by atoms with Gasteiger partial charge in [0, 0.05) is 25.2 Å². The second-order valence-corrected chi connectivity index (χ2v) is 10.5. The Morgan fingerprint density at radius 1 is 0.944 bits per heavy atom. The van der Waals surface area contributed by atoms with Crippen molar-refractivity contribution >= 4 is 27.3 Å². The van der Waals surface area contributed by atoms with Crippen molar-refractivity contribution in [1.29, 1.82) is 0 Å². The third-order valence-corrected chi connectivity index (χ3v) is 7.92. The molecule has 0 aliphatic carbocycles. The monoisotopic (exact) mass is 508 g/mol. The number of nitrogens with zero attached hydrogens (tertiary/aromatic N) is 3. The van der Waals surface area contributed by atoms with Gasteiger partial charge >= 0.3 is 0 Å². The summed E-state index contributed by atoms with van der Waals surface area (Å²) in [6.07, 6.45) is 2.37. The van der Waals surface area contributed by atoms with Gasteiger partial charge < -0.3 is 5.32 Å². The summed E-state index contributed by atoms with van der Waals surface area (Å²) in [6.45, 7) is 2.63. The van der Waals surface area contributed by atoms with Crippen molar-refractivity contribution in [1.82, 2.24) is 10.2 Å². The average Bonchev–Trinajstić information content (AvgIpc) is 3.40. The Labute approximate surface area is 210 Å². The number of non-ortho nitro benzene ring substituents is 1. The van der Waals surface area contributed by atoms with Crippen LogP contribution >= 0.6 is 0 Å². The fourth-order valence-corrected chi connectivity index (χ4v) is 5.68. The second-order valence-electron chi connectivity index (χ2n) is 8.63. The number of hydrogen-bond acceptors (Lipinski definition) is 6. The summed E-state index contributed by atoms with van der Waals surface area (Å²) in [7, 11) is -4.16. The smallest absolute Gasteiger partial charge is 0.271 e. The quantitative estimate of drug-likeness (QED) is 0.330. The van der Waals surface area contributed by atoms with Gasteiger partial charge in [0.15, 0.2) is 0 Å². The summed E-state index contributed by atoms with van der Waals surface area (Å²) in [5.74, 6) is -0.517. The largest absolute Gasteiger partial charge is 0.350 e.